The van der Waals surface area contributed by atoms with Crippen molar-refractivity contribution in [3.05, 3.63) is 42.5 Å². The zero-order valence-electron chi connectivity index (χ0n) is 15.5. The molecule has 0 fully saturated rings. The van der Waals surface area contributed by atoms with Crippen LogP contribution in [0.2, 0.25) is 0 Å². The SMILES string of the molecule is CCCCOc1cccc(NCC(=O)Nc2cc(OC)ccc2OC)c1. The fourth-order valence-electron chi connectivity index (χ4n) is 2.32. The van der Waals surface area contributed by atoms with E-state index in [2.05, 4.69) is 17.6 Å². The van der Waals surface area contributed by atoms with Crippen molar-refractivity contribution in [2.75, 3.05) is 38.0 Å². The Kier molecular flexibility index (Phi) is 7.61. The summed E-state index contributed by atoms with van der Waals surface area (Å²) in [5.41, 5.74) is 1.39. The van der Waals surface area contributed by atoms with Crippen LogP contribution in [-0.4, -0.2) is 33.3 Å². The van der Waals surface area contributed by atoms with Crippen LogP contribution in [0.15, 0.2) is 42.5 Å². The van der Waals surface area contributed by atoms with Crippen molar-refractivity contribution in [3.63, 3.8) is 0 Å². The number of carbonyl (C=O) groups excluding carboxylic acids is 1. The maximum atomic E-state index is 12.2. The third kappa shape index (κ3) is 5.88. The van der Waals surface area contributed by atoms with E-state index in [9.17, 15) is 4.79 Å². The highest BCUT2D eigenvalue weighted by Crippen LogP contribution is 2.28. The van der Waals surface area contributed by atoms with E-state index in [4.69, 9.17) is 14.2 Å². The smallest absolute Gasteiger partial charge is 0.243 e. The number of unbranched alkanes of at least 4 members (excludes halogenated alkanes) is 1. The molecule has 0 saturated heterocycles. The highest BCUT2D eigenvalue weighted by molar-refractivity contribution is 5.95. The summed E-state index contributed by atoms with van der Waals surface area (Å²) in [5, 5.41) is 5.92. The molecule has 1 amide bonds. The molecule has 2 aromatic carbocycles. The van der Waals surface area contributed by atoms with E-state index >= 15 is 0 Å². The van der Waals surface area contributed by atoms with Gasteiger partial charge in [-0.3, -0.25) is 4.79 Å². The van der Waals surface area contributed by atoms with Gasteiger partial charge in [-0.1, -0.05) is 19.4 Å². The fraction of sp³-hybridized carbons (Fsp3) is 0.350. The quantitative estimate of drug-likeness (QED) is 0.630. The number of rotatable bonds is 10. The number of benzene rings is 2. The zero-order chi connectivity index (χ0) is 18.8. The highest BCUT2D eigenvalue weighted by Gasteiger charge is 2.09. The van der Waals surface area contributed by atoms with Gasteiger partial charge in [0.05, 0.1) is 33.1 Å². The molecule has 140 valence electrons. The first-order valence-corrected chi connectivity index (χ1v) is 8.65. The van der Waals surface area contributed by atoms with Crippen LogP contribution in [0.5, 0.6) is 17.2 Å². The minimum Gasteiger partial charge on any atom is -0.497 e. The van der Waals surface area contributed by atoms with E-state index in [1.165, 1.54) is 0 Å². The molecule has 0 aliphatic rings. The van der Waals surface area contributed by atoms with E-state index in [1.807, 2.05) is 24.3 Å². The molecule has 0 heterocycles. The van der Waals surface area contributed by atoms with Gasteiger partial charge in [0.1, 0.15) is 17.2 Å². The van der Waals surface area contributed by atoms with Crippen molar-refractivity contribution in [3.8, 4) is 17.2 Å². The first kappa shape index (κ1) is 19.4. The summed E-state index contributed by atoms with van der Waals surface area (Å²) in [6.45, 7) is 2.94. The molecule has 0 bridgehead atoms. The van der Waals surface area contributed by atoms with Crippen LogP contribution in [0.3, 0.4) is 0 Å². The first-order chi connectivity index (χ1) is 12.7. The first-order valence-electron chi connectivity index (χ1n) is 8.65. The Hall–Kier alpha value is -2.89. The minimum absolute atomic E-state index is 0.124. The number of hydrogen-bond acceptors (Lipinski definition) is 5. The molecule has 0 radical (unpaired) electrons. The lowest BCUT2D eigenvalue weighted by Crippen LogP contribution is -2.22. The van der Waals surface area contributed by atoms with Crippen LogP contribution < -0.4 is 24.8 Å². The average Bonchev–Trinajstić information content (AvgIpc) is 2.67. The molecule has 2 N–H and O–H groups in total. The molecule has 2 rings (SSSR count). The predicted octanol–water partition coefficient (Wildman–Crippen LogP) is 3.93. The Labute approximate surface area is 154 Å². The Bertz CT molecular complexity index is 719. The lowest BCUT2D eigenvalue weighted by atomic mass is 10.2. The third-order valence-electron chi connectivity index (χ3n) is 3.73. The number of amides is 1. The highest BCUT2D eigenvalue weighted by atomic mass is 16.5. The molecule has 0 unspecified atom stereocenters. The Morgan fingerprint density at radius 1 is 1.04 bits per heavy atom. The maximum Gasteiger partial charge on any atom is 0.243 e. The van der Waals surface area contributed by atoms with Gasteiger partial charge in [-0.15, -0.1) is 0 Å². The summed E-state index contributed by atoms with van der Waals surface area (Å²) in [5.74, 6) is 1.82. The molecule has 0 aliphatic carbocycles. The average molecular weight is 358 g/mol. The summed E-state index contributed by atoms with van der Waals surface area (Å²) in [4.78, 5) is 12.2. The van der Waals surface area contributed by atoms with Gasteiger partial charge in [0, 0.05) is 17.8 Å². The number of ether oxygens (including phenoxy) is 3. The second-order valence-corrected chi connectivity index (χ2v) is 5.70. The minimum atomic E-state index is -0.186. The van der Waals surface area contributed by atoms with Crippen molar-refractivity contribution in [2.24, 2.45) is 0 Å². The van der Waals surface area contributed by atoms with Gasteiger partial charge in [0.15, 0.2) is 0 Å². The van der Waals surface area contributed by atoms with Crippen LogP contribution in [0, 0.1) is 0 Å². The summed E-state index contributed by atoms with van der Waals surface area (Å²) >= 11 is 0. The molecule has 2 aromatic rings. The molecule has 26 heavy (non-hydrogen) atoms. The molecule has 0 aliphatic heterocycles. The van der Waals surface area contributed by atoms with Gasteiger partial charge >= 0.3 is 0 Å². The van der Waals surface area contributed by atoms with E-state index in [1.54, 1.807) is 32.4 Å². The molecular weight excluding hydrogens is 332 g/mol. The lowest BCUT2D eigenvalue weighted by molar-refractivity contribution is -0.114. The summed E-state index contributed by atoms with van der Waals surface area (Å²) in [7, 11) is 3.13. The second kappa shape index (κ2) is 10.2. The number of methoxy groups -OCH3 is 2. The van der Waals surface area contributed by atoms with Crippen LogP contribution in [0.25, 0.3) is 0 Å². The van der Waals surface area contributed by atoms with Gasteiger partial charge in [0.2, 0.25) is 5.91 Å². The number of anilines is 2. The monoisotopic (exact) mass is 358 g/mol. The topological polar surface area (TPSA) is 68.8 Å². The molecule has 0 atom stereocenters. The van der Waals surface area contributed by atoms with Crippen molar-refractivity contribution in [2.45, 2.75) is 19.8 Å². The number of hydrogen-bond donors (Lipinski definition) is 2. The van der Waals surface area contributed by atoms with E-state index < -0.39 is 0 Å². The van der Waals surface area contributed by atoms with Gasteiger partial charge in [-0.05, 0) is 30.7 Å². The largest absolute Gasteiger partial charge is 0.497 e. The normalized spacial score (nSPS) is 10.1. The van der Waals surface area contributed by atoms with Crippen molar-refractivity contribution in [1.29, 1.82) is 0 Å². The molecule has 6 heteroatoms. The molecule has 0 saturated carbocycles. The van der Waals surface area contributed by atoms with Crippen LogP contribution in [0.4, 0.5) is 11.4 Å². The summed E-state index contributed by atoms with van der Waals surface area (Å²) < 4.78 is 16.1. The van der Waals surface area contributed by atoms with E-state index in [0.717, 1.165) is 24.3 Å². The zero-order valence-corrected chi connectivity index (χ0v) is 15.5. The maximum absolute atomic E-state index is 12.2. The summed E-state index contributed by atoms with van der Waals surface area (Å²) in [6.07, 6.45) is 2.11. The number of carbonyl (C=O) groups is 1. The van der Waals surface area contributed by atoms with Crippen molar-refractivity contribution >= 4 is 17.3 Å². The second-order valence-electron chi connectivity index (χ2n) is 5.70. The van der Waals surface area contributed by atoms with Crippen molar-refractivity contribution in [1.82, 2.24) is 0 Å². The Morgan fingerprint density at radius 3 is 2.62 bits per heavy atom. The summed E-state index contributed by atoms with van der Waals surface area (Å²) in [6, 6.07) is 12.8. The van der Waals surface area contributed by atoms with E-state index in [-0.39, 0.29) is 12.5 Å². The van der Waals surface area contributed by atoms with Gasteiger partial charge < -0.3 is 24.8 Å². The molecular formula is C20H26N2O4. The molecule has 0 aromatic heterocycles. The molecule has 6 nitrogen and oxygen atoms in total. The standard InChI is InChI=1S/C20H26N2O4/c1-4-5-11-26-17-8-6-7-15(12-17)21-14-20(23)22-18-13-16(24-2)9-10-19(18)25-3/h6-10,12-13,21H,4-5,11,14H2,1-3H3,(H,22,23). The van der Waals surface area contributed by atoms with Crippen molar-refractivity contribution < 1.29 is 19.0 Å². The van der Waals surface area contributed by atoms with Gasteiger partial charge in [-0.2, -0.15) is 0 Å². The van der Waals surface area contributed by atoms with E-state index in [0.29, 0.717) is 23.8 Å². The fourth-order valence-corrected chi connectivity index (χ4v) is 2.32. The Morgan fingerprint density at radius 2 is 1.88 bits per heavy atom. The van der Waals surface area contributed by atoms with Crippen LogP contribution >= 0.6 is 0 Å². The predicted molar refractivity (Wildman–Crippen MR) is 104 cm³/mol. The van der Waals surface area contributed by atoms with Gasteiger partial charge in [0.25, 0.3) is 0 Å². The number of nitrogens with one attached hydrogen (secondary N) is 2. The van der Waals surface area contributed by atoms with Gasteiger partial charge in [-0.25, -0.2) is 0 Å². The van der Waals surface area contributed by atoms with Crippen LogP contribution in [0.1, 0.15) is 19.8 Å². The lowest BCUT2D eigenvalue weighted by Gasteiger charge is -2.13. The van der Waals surface area contributed by atoms with Crippen LogP contribution in [-0.2, 0) is 4.79 Å². The molecule has 0 spiro atoms. The Balaban J connectivity index is 1.92. The third-order valence-corrected chi connectivity index (χ3v) is 3.73.